The fraction of sp³-hybridized carbons (Fsp3) is 0.684. The lowest BCUT2D eigenvalue weighted by atomic mass is 9.93. The van der Waals surface area contributed by atoms with Crippen LogP contribution in [0.4, 0.5) is 0 Å². The van der Waals surface area contributed by atoms with Crippen molar-refractivity contribution in [3.05, 3.63) is 34.3 Å². The first-order valence-corrected chi connectivity index (χ1v) is 9.55. The van der Waals surface area contributed by atoms with Crippen LogP contribution in [0.15, 0.2) is 28.7 Å². The molecular formula is C19H26BrN. The lowest BCUT2D eigenvalue weighted by molar-refractivity contribution is 0.361. The molecule has 2 bridgehead atoms. The molecule has 1 nitrogen and oxygen atoms in total. The number of benzene rings is 1. The van der Waals surface area contributed by atoms with Gasteiger partial charge in [-0.25, -0.2) is 0 Å². The zero-order chi connectivity index (χ0) is 14.4. The number of halogens is 1. The van der Waals surface area contributed by atoms with Gasteiger partial charge >= 0.3 is 0 Å². The molecule has 0 spiro atoms. The third-order valence-corrected chi connectivity index (χ3v) is 6.75. The summed E-state index contributed by atoms with van der Waals surface area (Å²) in [5.41, 5.74) is 1.48. The van der Waals surface area contributed by atoms with Gasteiger partial charge in [0, 0.05) is 10.5 Å². The molecule has 114 valence electrons. The van der Waals surface area contributed by atoms with Crippen LogP contribution >= 0.6 is 15.9 Å². The second kappa shape index (κ2) is 5.70. The lowest BCUT2D eigenvalue weighted by Crippen LogP contribution is -2.36. The molecule has 5 atom stereocenters. The molecule has 0 radical (unpaired) electrons. The Morgan fingerprint density at radius 3 is 2.67 bits per heavy atom. The van der Waals surface area contributed by atoms with Crippen LogP contribution in [0.3, 0.4) is 0 Å². The van der Waals surface area contributed by atoms with Gasteiger partial charge in [-0.05, 0) is 85.9 Å². The molecule has 0 heterocycles. The Kier molecular flexibility index (Phi) is 3.87. The van der Waals surface area contributed by atoms with E-state index in [-0.39, 0.29) is 0 Å². The van der Waals surface area contributed by atoms with Crippen LogP contribution in [0.25, 0.3) is 0 Å². The summed E-state index contributed by atoms with van der Waals surface area (Å²) in [6, 6.07) is 9.60. The third-order valence-electron chi connectivity index (χ3n) is 6.26. The van der Waals surface area contributed by atoms with E-state index in [0.717, 1.165) is 29.6 Å². The van der Waals surface area contributed by atoms with Crippen LogP contribution < -0.4 is 5.32 Å². The minimum absolute atomic E-state index is 0.706. The van der Waals surface area contributed by atoms with Gasteiger partial charge in [-0.1, -0.05) is 35.0 Å². The highest BCUT2D eigenvalue weighted by Crippen LogP contribution is 2.70. The fourth-order valence-corrected chi connectivity index (χ4v) is 5.97. The predicted molar refractivity (Wildman–Crippen MR) is 91.2 cm³/mol. The van der Waals surface area contributed by atoms with Gasteiger partial charge in [-0.15, -0.1) is 0 Å². The highest BCUT2D eigenvalue weighted by Gasteiger charge is 2.66. The zero-order valence-electron chi connectivity index (χ0n) is 12.9. The van der Waals surface area contributed by atoms with Gasteiger partial charge in [0.1, 0.15) is 0 Å². The zero-order valence-corrected chi connectivity index (χ0v) is 14.5. The standard InChI is InChI=1S/C19H26BrN/c1-2-8-21-16(10-12-4-3-5-15(20)9-12)19-17-13-6-7-14(11-13)18(17)19/h3-5,9,13-14,16-19,21H,2,6-8,10-11H2,1H3. The van der Waals surface area contributed by atoms with Crippen molar-refractivity contribution < 1.29 is 0 Å². The molecule has 2 heteroatoms. The van der Waals surface area contributed by atoms with Crippen LogP contribution in [0.5, 0.6) is 0 Å². The summed E-state index contributed by atoms with van der Waals surface area (Å²) < 4.78 is 1.21. The molecule has 3 aliphatic rings. The van der Waals surface area contributed by atoms with E-state index in [1.807, 2.05) is 0 Å². The van der Waals surface area contributed by atoms with Gasteiger partial charge in [-0.3, -0.25) is 0 Å². The third kappa shape index (κ3) is 2.59. The van der Waals surface area contributed by atoms with Crippen molar-refractivity contribution in [3.8, 4) is 0 Å². The van der Waals surface area contributed by atoms with E-state index in [1.165, 1.54) is 42.3 Å². The van der Waals surface area contributed by atoms with E-state index in [9.17, 15) is 0 Å². The topological polar surface area (TPSA) is 12.0 Å². The Hall–Kier alpha value is -0.340. The Bertz CT molecular complexity index is 498. The first kappa shape index (κ1) is 14.3. The Balaban J connectivity index is 1.47. The molecule has 1 aromatic carbocycles. The highest BCUT2D eigenvalue weighted by molar-refractivity contribution is 9.10. The van der Waals surface area contributed by atoms with Crippen LogP contribution in [0, 0.1) is 29.6 Å². The summed E-state index contributed by atoms with van der Waals surface area (Å²) in [6.07, 6.45) is 7.06. The normalized spacial score (nSPS) is 37.5. The summed E-state index contributed by atoms with van der Waals surface area (Å²) >= 11 is 3.61. The highest BCUT2D eigenvalue weighted by atomic mass is 79.9. The van der Waals surface area contributed by atoms with Crippen LogP contribution in [0.2, 0.25) is 0 Å². The fourth-order valence-electron chi connectivity index (χ4n) is 5.52. The summed E-state index contributed by atoms with van der Waals surface area (Å²) in [7, 11) is 0. The second-order valence-electron chi connectivity index (χ2n) is 7.46. The van der Waals surface area contributed by atoms with E-state index in [1.54, 1.807) is 6.42 Å². The first-order valence-electron chi connectivity index (χ1n) is 8.75. The van der Waals surface area contributed by atoms with Crippen molar-refractivity contribution >= 4 is 15.9 Å². The molecule has 0 saturated heterocycles. The van der Waals surface area contributed by atoms with Gasteiger partial charge in [0.2, 0.25) is 0 Å². The Morgan fingerprint density at radius 2 is 2.00 bits per heavy atom. The largest absolute Gasteiger partial charge is 0.313 e. The van der Waals surface area contributed by atoms with E-state index < -0.39 is 0 Å². The van der Waals surface area contributed by atoms with Crippen LogP contribution in [-0.2, 0) is 6.42 Å². The average Bonchev–Trinajstić information content (AvgIpc) is 2.90. The first-order chi connectivity index (χ1) is 10.3. The number of fused-ring (bicyclic) bond motifs is 5. The molecule has 0 aromatic heterocycles. The lowest BCUT2D eigenvalue weighted by Gasteiger charge is -2.22. The summed E-state index contributed by atoms with van der Waals surface area (Å²) in [5.74, 6) is 5.29. The molecule has 0 amide bonds. The Labute approximate surface area is 137 Å². The van der Waals surface area contributed by atoms with Gasteiger partial charge in [0.15, 0.2) is 0 Å². The van der Waals surface area contributed by atoms with Crippen LogP contribution in [-0.4, -0.2) is 12.6 Å². The smallest absolute Gasteiger partial charge is 0.0178 e. The maximum Gasteiger partial charge on any atom is 0.0178 e. The molecule has 1 N–H and O–H groups in total. The quantitative estimate of drug-likeness (QED) is 0.789. The van der Waals surface area contributed by atoms with Gasteiger partial charge < -0.3 is 5.32 Å². The molecule has 21 heavy (non-hydrogen) atoms. The molecule has 1 aromatic rings. The van der Waals surface area contributed by atoms with Gasteiger partial charge in [0.05, 0.1) is 0 Å². The van der Waals surface area contributed by atoms with E-state index in [2.05, 4.69) is 52.4 Å². The minimum Gasteiger partial charge on any atom is -0.313 e. The van der Waals surface area contributed by atoms with Crippen molar-refractivity contribution in [2.24, 2.45) is 29.6 Å². The monoisotopic (exact) mass is 347 g/mol. The molecule has 0 aliphatic heterocycles. The molecule has 5 unspecified atom stereocenters. The van der Waals surface area contributed by atoms with Crippen molar-refractivity contribution in [2.45, 2.75) is 45.1 Å². The van der Waals surface area contributed by atoms with Gasteiger partial charge in [0.25, 0.3) is 0 Å². The predicted octanol–water partition coefficient (Wildman–Crippen LogP) is 4.65. The van der Waals surface area contributed by atoms with Crippen molar-refractivity contribution in [3.63, 3.8) is 0 Å². The Morgan fingerprint density at radius 1 is 1.24 bits per heavy atom. The van der Waals surface area contributed by atoms with E-state index >= 15 is 0 Å². The number of hydrogen-bond acceptors (Lipinski definition) is 1. The number of nitrogens with one attached hydrogen (secondary N) is 1. The molecular weight excluding hydrogens is 322 g/mol. The van der Waals surface area contributed by atoms with E-state index in [4.69, 9.17) is 0 Å². The van der Waals surface area contributed by atoms with Gasteiger partial charge in [-0.2, -0.15) is 0 Å². The SMILES string of the molecule is CCCNC(Cc1cccc(Br)c1)C1C2C3CCC(C3)C21. The molecule has 3 fully saturated rings. The van der Waals surface area contributed by atoms with Crippen molar-refractivity contribution in [1.29, 1.82) is 0 Å². The summed E-state index contributed by atoms with van der Waals surface area (Å²) in [5, 5.41) is 3.88. The summed E-state index contributed by atoms with van der Waals surface area (Å²) in [4.78, 5) is 0. The molecule has 3 aliphatic carbocycles. The maximum absolute atomic E-state index is 3.88. The average molecular weight is 348 g/mol. The van der Waals surface area contributed by atoms with Crippen molar-refractivity contribution in [2.75, 3.05) is 6.54 Å². The maximum atomic E-state index is 3.88. The molecule has 4 rings (SSSR count). The van der Waals surface area contributed by atoms with Crippen molar-refractivity contribution in [1.82, 2.24) is 5.32 Å². The second-order valence-corrected chi connectivity index (χ2v) is 8.38. The summed E-state index contributed by atoms with van der Waals surface area (Å²) in [6.45, 7) is 3.45. The van der Waals surface area contributed by atoms with Crippen LogP contribution in [0.1, 0.15) is 38.2 Å². The molecule has 3 saturated carbocycles. The minimum atomic E-state index is 0.706. The van der Waals surface area contributed by atoms with E-state index in [0.29, 0.717) is 6.04 Å². The number of rotatable bonds is 6. The number of hydrogen-bond donors (Lipinski definition) is 1.